The first kappa shape index (κ1) is 15.7. The third-order valence-electron chi connectivity index (χ3n) is 4.47. The van der Waals surface area contributed by atoms with E-state index in [0.29, 0.717) is 12.1 Å². The van der Waals surface area contributed by atoms with E-state index in [1.807, 2.05) is 0 Å². The standard InChI is InChI=1S/C17H16ClFN2O2/c18-14-8-11(9-20-16(14)23)15(22)21-10-17(6-1-7-17)12-2-4-13(19)5-3-12/h2-5,8-9H,1,6-7,10H2,(H,20,23)(H,21,22). The van der Waals surface area contributed by atoms with Crippen LogP contribution in [-0.2, 0) is 5.41 Å². The molecule has 0 atom stereocenters. The lowest BCUT2D eigenvalue weighted by Crippen LogP contribution is -2.45. The molecule has 23 heavy (non-hydrogen) atoms. The average Bonchev–Trinajstić information content (AvgIpc) is 2.50. The number of carbonyl (C=O) groups is 1. The molecular formula is C17H16ClFN2O2. The Balaban J connectivity index is 1.72. The Kier molecular flexibility index (Phi) is 4.22. The highest BCUT2D eigenvalue weighted by Crippen LogP contribution is 2.43. The van der Waals surface area contributed by atoms with Gasteiger partial charge in [-0.25, -0.2) is 4.39 Å². The summed E-state index contributed by atoms with van der Waals surface area (Å²) in [6, 6.07) is 7.79. The van der Waals surface area contributed by atoms with Gasteiger partial charge in [-0.1, -0.05) is 30.2 Å². The van der Waals surface area contributed by atoms with Gasteiger partial charge in [0, 0.05) is 18.2 Å². The average molecular weight is 335 g/mol. The van der Waals surface area contributed by atoms with Crippen molar-refractivity contribution >= 4 is 17.5 Å². The minimum atomic E-state index is -0.426. The SMILES string of the molecule is O=C(NCC1(c2ccc(F)cc2)CCC1)c1c[nH]c(=O)c(Cl)c1. The maximum atomic E-state index is 13.1. The van der Waals surface area contributed by atoms with Crippen molar-refractivity contribution in [2.24, 2.45) is 0 Å². The van der Waals surface area contributed by atoms with Crippen molar-refractivity contribution in [2.75, 3.05) is 6.54 Å². The maximum absolute atomic E-state index is 13.1. The fourth-order valence-corrected chi connectivity index (χ4v) is 3.09. The van der Waals surface area contributed by atoms with Gasteiger partial charge < -0.3 is 10.3 Å². The molecule has 4 nitrogen and oxygen atoms in total. The molecule has 0 aliphatic heterocycles. The third kappa shape index (κ3) is 3.15. The molecule has 1 saturated carbocycles. The molecule has 0 bridgehead atoms. The number of hydrogen-bond acceptors (Lipinski definition) is 2. The number of amides is 1. The number of rotatable bonds is 4. The van der Waals surface area contributed by atoms with Gasteiger partial charge in [0.05, 0.1) is 5.56 Å². The van der Waals surface area contributed by atoms with Gasteiger partial charge in [0.2, 0.25) is 0 Å². The lowest BCUT2D eigenvalue weighted by Gasteiger charge is -2.42. The number of nitrogens with one attached hydrogen (secondary N) is 2. The Morgan fingerprint density at radius 3 is 2.57 bits per heavy atom. The molecule has 0 spiro atoms. The Morgan fingerprint density at radius 2 is 2.00 bits per heavy atom. The summed E-state index contributed by atoms with van der Waals surface area (Å²) in [6.45, 7) is 0.466. The number of halogens is 2. The van der Waals surface area contributed by atoms with Crippen LogP contribution in [0.2, 0.25) is 5.02 Å². The summed E-state index contributed by atoms with van der Waals surface area (Å²) < 4.78 is 13.1. The Hall–Kier alpha value is -2.14. The summed E-state index contributed by atoms with van der Waals surface area (Å²) in [7, 11) is 0. The summed E-state index contributed by atoms with van der Waals surface area (Å²) >= 11 is 5.74. The molecule has 1 aliphatic rings. The van der Waals surface area contributed by atoms with Gasteiger partial charge in [0.1, 0.15) is 10.8 Å². The van der Waals surface area contributed by atoms with E-state index in [1.54, 1.807) is 12.1 Å². The molecule has 6 heteroatoms. The molecule has 0 saturated heterocycles. The summed E-state index contributed by atoms with van der Waals surface area (Å²) in [4.78, 5) is 25.9. The van der Waals surface area contributed by atoms with Gasteiger partial charge in [-0.3, -0.25) is 9.59 Å². The van der Waals surface area contributed by atoms with Crippen LogP contribution in [0.1, 0.15) is 35.2 Å². The van der Waals surface area contributed by atoms with Crippen LogP contribution < -0.4 is 10.9 Å². The van der Waals surface area contributed by atoms with Crippen molar-refractivity contribution in [1.82, 2.24) is 10.3 Å². The van der Waals surface area contributed by atoms with Crippen molar-refractivity contribution in [3.05, 3.63) is 68.8 Å². The predicted octanol–water partition coefficient (Wildman–Crippen LogP) is 3.02. The fraction of sp³-hybridized carbons (Fsp3) is 0.294. The van der Waals surface area contributed by atoms with E-state index in [9.17, 15) is 14.0 Å². The van der Waals surface area contributed by atoms with Crippen LogP contribution in [-0.4, -0.2) is 17.4 Å². The molecule has 1 aliphatic carbocycles. The van der Waals surface area contributed by atoms with Gasteiger partial charge in [0.15, 0.2) is 0 Å². The zero-order chi connectivity index (χ0) is 16.4. The number of H-pyrrole nitrogens is 1. The fourth-order valence-electron chi connectivity index (χ4n) is 2.91. The van der Waals surface area contributed by atoms with Gasteiger partial charge in [0.25, 0.3) is 11.5 Å². The zero-order valence-electron chi connectivity index (χ0n) is 12.4. The van der Waals surface area contributed by atoms with E-state index < -0.39 is 5.56 Å². The molecule has 0 radical (unpaired) electrons. The van der Waals surface area contributed by atoms with Crippen LogP contribution >= 0.6 is 11.6 Å². The topological polar surface area (TPSA) is 62.0 Å². The first-order valence-corrected chi connectivity index (χ1v) is 7.80. The summed E-state index contributed by atoms with van der Waals surface area (Å²) in [5.41, 5.74) is 0.771. The Bertz CT molecular complexity index is 782. The van der Waals surface area contributed by atoms with Crippen LogP contribution in [0.3, 0.4) is 0 Å². The lowest BCUT2D eigenvalue weighted by molar-refractivity contribution is 0.0927. The minimum absolute atomic E-state index is 0.0189. The minimum Gasteiger partial charge on any atom is -0.351 e. The third-order valence-corrected chi connectivity index (χ3v) is 4.76. The zero-order valence-corrected chi connectivity index (χ0v) is 13.1. The molecule has 0 unspecified atom stereocenters. The predicted molar refractivity (Wildman–Crippen MR) is 86.3 cm³/mol. The molecular weight excluding hydrogens is 319 g/mol. The highest BCUT2D eigenvalue weighted by Gasteiger charge is 2.38. The van der Waals surface area contributed by atoms with Crippen LogP contribution in [0, 0.1) is 5.82 Å². The van der Waals surface area contributed by atoms with E-state index in [-0.39, 0.29) is 22.2 Å². The van der Waals surface area contributed by atoms with Crippen LogP contribution in [0.4, 0.5) is 4.39 Å². The number of pyridine rings is 1. The molecule has 1 aromatic heterocycles. The molecule has 3 rings (SSSR count). The number of aromatic amines is 1. The molecule has 2 aromatic rings. The van der Waals surface area contributed by atoms with E-state index >= 15 is 0 Å². The van der Waals surface area contributed by atoms with Crippen molar-refractivity contribution < 1.29 is 9.18 Å². The van der Waals surface area contributed by atoms with E-state index in [4.69, 9.17) is 11.6 Å². The quantitative estimate of drug-likeness (QED) is 0.902. The lowest BCUT2D eigenvalue weighted by atomic mass is 9.64. The summed E-state index contributed by atoms with van der Waals surface area (Å²) in [6.07, 6.45) is 4.32. The number of benzene rings is 1. The molecule has 1 fully saturated rings. The first-order chi connectivity index (χ1) is 11.0. The van der Waals surface area contributed by atoms with Crippen LogP contribution in [0.25, 0.3) is 0 Å². The summed E-state index contributed by atoms with van der Waals surface area (Å²) in [5.74, 6) is -0.563. The van der Waals surface area contributed by atoms with Gasteiger partial charge >= 0.3 is 0 Å². The number of hydrogen-bond donors (Lipinski definition) is 2. The first-order valence-electron chi connectivity index (χ1n) is 7.43. The van der Waals surface area contributed by atoms with Crippen molar-refractivity contribution in [3.8, 4) is 0 Å². The van der Waals surface area contributed by atoms with Crippen LogP contribution in [0.5, 0.6) is 0 Å². The second-order valence-corrected chi connectivity index (χ2v) is 6.30. The monoisotopic (exact) mass is 334 g/mol. The molecule has 1 amide bonds. The van der Waals surface area contributed by atoms with Crippen LogP contribution in [0.15, 0.2) is 41.3 Å². The molecule has 1 aromatic carbocycles. The highest BCUT2D eigenvalue weighted by molar-refractivity contribution is 6.30. The maximum Gasteiger partial charge on any atom is 0.266 e. The second kappa shape index (κ2) is 6.16. The van der Waals surface area contributed by atoms with Crippen molar-refractivity contribution in [2.45, 2.75) is 24.7 Å². The summed E-state index contributed by atoms with van der Waals surface area (Å²) in [5, 5.41) is 2.87. The molecule has 120 valence electrons. The highest BCUT2D eigenvalue weighted by atomic mass is 35.5. The second-order valence-electron chi connectivity index (χ2n) is 5.89. The molecule has 2 N–H and O–H groups in total. The Labute approximate surface area is 137 Å². The number of aromatic nitrogens is 1. The largest absolute Gasteiger partial charge is 0.351 e. The van der Waals surface area contributed by atoms with E-state index in [2.05, 4.69) is 10.3 Å². The van der Waals surface area contributed by atoms with Gasteiger partial charge in [-0.05, 0) is 36.6 Å². The van der Waals surface area contributed by atoms with Crippen molar-refractivity contribution in [3.63, 3.8) is 0 Å². The van der Waals surface area contributed by atoms with E-state index in [1.165, 1.54) is 24.4 Å². The normalized spacial score (nSPS) is 15.7. The van der Waals surface area contributed by atoms with Gasteiger partial charge in [-0.15, -0.1) is 0 Å². The van der Waals surface area contributed by atoms with E-state index in [0.717, 1.165) is 24.8 Å². The molecule has 1 heterocycles. The van der Waals surface area contributed by atoms with Crippen molar-refractivity contribution in [1.29, 1.82) is 0 Å². The number of carbonyl (C=O) groups excluding carboxylic acids is 1. The Morgan fingerprint density at radius 1 is 1.30 bits per heavy atom. The van der Waals surface area contributed by atoms with Gasteiger partial charge in [-0.2, -0.15) is 0 Å². The smallest absolute Gasteiger partial charge is 0.266 e.